The molecule has 1 N–H and O–H groups in total. The van der Waals surface area contributed by atoms with Crippen LogP contribution in [0.4, 0.5) is 17.6 Å². The SMILES string of the molecule is CCOc1cc(CNCc2ccccc2OC(F)F)ccc1OC(F)F. The van der Waals surface area contributed by atoms with Crippen molar-refractivity contribution in [3.8, 4) is 17.2 Å². The Morgan fingerprint density at radius 1 is 0.846 bits per heavy atom. The van der Waals surface area contributed by atoms with Gasteiger partial charge in [0.05, 0.1) is 6.61 Å². The lowest BCUT2D eigenvalue weighted by molar-refractivity contribution is -0.0517. The molecule has 0 aliphatic carbocycles. The molecule has 0 fully saturated rings. The lowest BCUT2D eigenvalue weighted by Gasteiger charge is -2.14. The highest BCUT2D eigenvalue weighted by Gasteiger charge is 2.12. The molecule has 0 aliphatic rings. The van der Waals surface area contributed by atoms with Crippen LogP contribution in [-0.4, -0.2) is 19.8 Å². The molecule has 0 aliphatic heterocycles. The Balaban J connectivity index is 2.00. The maximum absolute atomic E-state index is 12.4. The summed E-state index contributed by atoms with van der Waals surface area (Å²) in [4.78, 5) is 0. The van der Waals surface area contributed by atoms with Crippen molar-refractivity contribution in [2.75, 3.05) is 6.61 Å². The summed E-state index contributed by atoms with van der Waals surface area (Å²) in [6.45, 7) is -3.14. The molecule has 0 unspecified atom stereocenters. The number of benzene rings is 2. The Morgan fingerprint density at radius 3 is 2.23 bits per heavy atom. The predicted octanol–water partition coefficient (Wildman–Crippen LogP) is 4.58. The van der Waals surface area contributed by atoms with Crippen LogP contribution in [0.3, 0.4) is 0 Å². The van der Waals surface area contributed by atoms with Crippen LogP contribution in [0.2, 0.25) is 0 Å². The summed E-state index contributed by atoms with van der Waals surface area (Å²) in [6, 6.07) is 11.1. The molecule has 0 radical (unpaired) electrons. The Morgan fingerprint density at radius 2 is 1.54 bits per heavy atom. The summed E-state index contributed by atoms with van der Waals surface area (Å²) in [5.74, 6) is 0.278. The first kappa shape index (κ1) is 19.8. The van der Waals surface area contributed by atoms with Crippen LogP contribution in [0.1, 0.15) is 18.1 Å². The van der Waals surface area contributed by atoms with Crippen molar-refractivity contribution in [3.05, 3.63) is 53.6 Å². The number of rotatable bonds is 10. The Kier molecular flexibility index (Phi) is 7.53. The van der Waals surface area contributed by atoms with E-state index in [2.05, 4.69) is 14.8 Å². The van der Waals surface area contributed by atoms with Gasteiger partial charge in [-0.1, -0.05) is 24.3 Å². The Labute approximate surface area is 148 Å². The molecule has 0 saturated heterocycles. The quantitative estimate of drug-likeness (QED) is 0.619. The fourth-order valence-corrected chi connectivity index (χ4v) is 2.33. The second-order valence-corrected chi connectivity index (χ2v) is 5.18. The van der Waals surface area contributed by atoms with E-state index in [9.17, 15) is 17.6 Å². The molecule has 0 heterocycles. The summed E-state index contributed by atoms with van der Waals surface area (Å²) in [5.41, 5.74) is 1.35. The first-order valence-electron chi connectivity index (χ1n) is 7.93. The maximum Gasteiger partial charge on any atom is 0.387 e. The van der Waals surface area contributed by atoms with Gasteiger partial charge in [-0.25, -0.2) is 0 Å². The van der Waals surface area contributed by atoms with Gasteiger partial charge >= 0.3 is 13.2 Å². The first-order chi connectivity index (χ1) is 12.5. The van der Waals surface area contributed by atoms with Crippen molar-refractivity contribution in [3.63, 3.8) is 0 Å². The summed E-state index contributed by atoms with van der Waals surface area (Å²) < 4.78 is 63.8. The van der Waals surface area contributed by atoms with Gasteiger partial charge in [-0.2, -0.15) is 17.6 Å². The number of hydrogen-bond acceptors (Lipinski definition) is 4. The largest absolute Gasteiger partial charge is 0.490 e. The van der Waals surface area contributed by atoms with Crippen LogP contribution >= 0.6 is 0 Å². The fourth-order valence-electron chi connectivity index (χ4n) is 2.33. The van der Waals surface area contributed by atoms with Crippen LogP contribution in [0.5, 0.6) is 17.2 Å². The molecule has 0 aromatic heterocycles. The van der Waals surface area contributed by atoms with Crippen LogP contribution in [0, 0.1) is 0 Å². The van der Waals surface area contributed by atoms with E-state index in [1.54, 1.807) is 37.3 Å². The standard InChI is InChI=1S/C18H19F4NO3/c1-2-24-16-9-12(7-8-15(16)26-18(21)22)10-23-11-13-5-3-4-6-14(13)25-17(19)20/h3-9,17-18,23H,2,10-11H2,1H3. The average molecular weight is 373 g/mol. The van der Waals surface area contributed by atoms with Crippen LogP contribution < -0.4 is 19.5 Å². The van der Waals surface area contributed by atoms with Crippen molar-refractivity contribution in [1.82, 2.24) is 5.32 Å². The van der Waals surface area contributed by atoms with E-state index in [4.69, 9.17) is 4.74 Å². The first-order valence-corrected chi connectivity index (χ1v) is 7.93. The highest BCUT2D eigenvalue weighted by atomic mass is 19.3. The van der Waals surface area contributed by atoms with Crippen LogP contribution in [0.25, 0.3) is 0 Å². The van der Waals surface area contributed by atoms with E-state index in [1.807, 2.05) is 0 Å². The monoisotopic (exact) mass is 373 g/mol. The molecule has 8 heteroatoms. The van der Waals surface area contributed by atoms with Crippen molar-refractivity contribution in [2.24, 2.45) is 0 Å². The number of halogens is 4. The Bertz CT molecular complexity index is 698. The molecule has 2 rings (SSSR count). The number of nitrogens with one attached hydrogen (secondary N) is 1. The molecule has 2 aromatic rings. The molecule has 0 saturated carbocycles. The highest BCUT2D eigenvalue weighted by Crippen LogP contribution is 2.30. The lowest BCUT2D eigenvalue weighted by Crippen LogP contribution is -2.15. The molecule has 2 aromatic carbocycles. The molecule has 0 bridgehead atoms. The van der Waals surface area contributed by atoms with E-state index < -0.39 is 13.2 Å². The minimum Gasteiger partial charge on any atom is -0.490 e. The molecule has 142 valence electrons. The van der Waals surface area contributed by atoms with Crippen LogP contribution in [0.15, 0.2) is 42.5 Å². The van der Waals surface area contributed by atoms with Gasteiger partial charge in [-0.05, 0) is 30.7 Å². The molecule has 0 amide bonds. The van der Waals surface area contributed by atoms with Gasteiger partial charge in [-0.15, -0.1) is 0 Å². The summed E-state index contributed by atoms with van der Waals surface area (Å²) in [7, 11) is 0. The van der Waals surface area contributed by atoms with Gasteiger partial charge in [0, 0.05) is 18.7 Å². The third-order valence-electron chi connectivity index (χ3n) is 3.36. The fraction of sp³-hybridized carbons (Fsp3) is 0.333. The third kappa shape index (κ3) is 6.11. The minimum atomic E-state index is -2.94. The molecule has 26 heavy (non-hydrogen) atoms. The predicted molar refractivity (Wildman–Crippen MR) is 87.9 cm³/mol. The van der Waals surface area contributed by atoms with Gasteiger partial charge in [0.2, 0.25) is 0 Å². The van der Waals surface area contributed by atoms with E-state index in [0.717, 1.165) is 5.56 Å². The third-order valence-corrected chi connectivity index (χ3v) is 3.36. The van der Waals surface area contributed by atoms with E-state index >= 15 is 0 Å². The second-order valence-electron chi connectivity index (χ2n) is 5.18. The molecule has 4 nitrogen and oxygen atoms in total. The summed E-state index contributed by atoms with van der Waals surface area (Å²) in [5, 5.41) is 3.09. The smallest absolute Gasteiger partial charge is 0.387 e. The van der Waals surface area contributed by atoms with Gasteiger partial charge in [0.15, 0.2) is 11.5 Å². The molecule has 0 atom stereocenters. The van der Waals surface area contributed by atoms with Crippen molar-refractivity contribution >= 4 is 0 Å². The van der Waals surface area contributed by atoms with Gasteiger partial charge < -0.3 is 19.5 Å². The van der Waals surface area contributed by atoms with E-state index in [-0.39, 0.29) is 17.2 Å². The van der Waals surface area contributed by atoms with Gasteiger partial charge in [0.1, 0.15) is 5.75 Å². The minimum absolute atomic E-state index is 0.0405. The summed E-state index contributed by atoms with van der Waals surface area (Å²) >= 11 is 0. The number of para-hydroxylation sites is 1. The topological polar surface area (TPSA) is 39.7 Å². The number of alkyl halides is 4. The lowest BCUT2D eigenvalue weighted by atomic mass is 10.1. The Hall–Kier alpha value is -2.48. The van der Waals surface area contributed by atoms with Gasteiger partial charge in [0.25, 0.3) is 0 Å². The van der Waals surface area contributed by atoms with Crippen molar-refractivity contribution in [1.29, 1.82) is 0 Å². The molecule has 0 spiro atoms. The van der Waals surface area contributed by atoms with E-state index in [0.29, 0.717) is 25.3 Å². The summed E-state index contributed by atoms with van der Waals surface area (Å²) in [6.07, 6.45) is 0. The number of hydrogen-bond donors (Lipinski definition) is 1. The molecular formula is C18H19F4NO3. The zero-order chi connectivity index (χ0) is 18.9. The van der Waals surface area contributed by atoms with Gasteiger partial charge in [-0.3, -0.25) is 0 Å². The average Bonchev–Trinajstić information content (AvgIpc) is 2.58. The van der Waals surface area contributed by atoms with Crippen molar-refractivity contribution < 1.29 is 31.8 Å². The maximum atomic E-state index is 12.4. The normalized spacial score (nSPS) is 11.0. The highest BCUT2D eigenvalue weighted by molar-refractivity contribution is 5.43. The zero-order valence-electron chi connectivity index (χ0n) is 14.1. The molecular weight excluding hydrogens is 354 g/mol. The second kappa shape index (κ2) is 9.86. The number of ether oxygens (including phenoxy) is 3. The van der Waals surface area contributed by atoms with E-state index in [1.165, 1.54) is 12.1 Å². The zero-order valence-corrected chi connectivity index (χ0v) is 14.1. The van der Waals surface area contributed by atoms with Crippen LogP contribution in [-0.2, 0) is 13.1 Å². The van der Waals surface area contributed by atoms with Crippen molar-refractivity contribution in [2.45, 2.75) is 33.2 Å².